The summed E-state index contributed by atoms with van der Waals surface area (Å²) in [6.07, 6.45) is 0. The minimum Gasteiger partial charge on any atom is -0.496 e. The molecule has 0 saturated heterocycles. The largest absolute Gasteiger partial charge is 0.496 e. The second-order valence-corrected chi connectivity index (χ2v) is 8.15. The summed E-state index contributed by atoms with van der Waals surface area (Å²) in [5.74, 6) is 0.715. The molecule has 25 heavy (non-hydrogen) atoms. The van der Waals surface area contributed by atoms with Crippen LogP contribution in [0.2, 0.25) is 0 Å². The smallest absolute Gasteiger partial charge is 0.241 e. The molecule has 0 spiro atoms. The van der Waals surface area contributed by atoms with E-state index in [2.05, 4.69) is 4.72 Å². The van der Waals surface area contributed by atoms with E-state index in [4.69, 9.17) is 4.74 Å². The van der Waals surface area contributed by atoms with Crippen LogP contribution in [0.15, 0.2) is 47.4 Å². The highest BCUT2D eigenvalue weighted by Crippen LogP contribution is 2.27. The highest BCUT2D eigenvalue weighted by atomic mass is 32.2. The molecule has 0 aromatic heterocycles. The molecule has 0 heterocycles. The zero-order chi connectivity index (χ0) is 18.6. The minimum atomic E-state index is -3.66. The van der Waals surface area contributed by atoms with Crippen LogP contribution in [-0.2, 0) is 10.0 Å². The van der Waals surface area contributed by atoms with Crippen molar-refractivity contribution in [1.82, 2.24) is 9.62 Å². The van der Waals surface area contributed by atoms with Gasteiger partial charge < -0.3 is 9.64 Å². The van der Waals surface area contributed by atoms with Crippen molar-refractivity contribution >= 4 is 10.0 Å². The Hall–Kier alpha value is -1.89. The highest BCUT2D eigenvalue weighted by molar-refractivity contribution is 7.89. The predicted octanol–water partition coefficient (Wildman–Crippen LogP) is 2.89. The number of nitrogens with one attached hydrogen (secondary N) is 1. The van der Waals surface area contributed by atoms with E-state index >= 15 is 0 Å². The van der Waals surface area contributed by atoms with Gasteiger partial charge in [0.25, 0.3) is 0 Å². The molecule has 136 valence electrons. The number of ether oxygens (including phenoxy) is 1. The first kappa shape index (κ1) is 19.4. The molecule has 0 aliphatic carbocycles. The van der Waals surface area contributed by atoms with E-state index in [1.807, 2.05) is 63.2 Å². The number of nitrogens with zero attached hydrogens (tertiary/aromatic N) is 1. The molecule has 0 bridgehead atoms. The lowest BCUT2D eigenvalue weighted by Crippen LogP contribution is -2.35. The van der Waals surface area contributed by atoms with Gasteiger partial charge in [0.2, 0.25) is 10.0 Å². The zero-order valence-electron chi connectivity index (χ0n) is 15.4. The molecule has 2 rings (SSSR count). The van der Waals surface area contributed by atoms with Crippen molar-refractivity contribution in [3.63, 3.8) is 0 Å². The molecule has 0 amide bonds. The quantitative estimate of drug-likeness (QED) is 0.823. The fraction of sp³-hybridized carbons (Fsp3) is 0.368. The maximum absolute atomic E-state index is 12.9. The van der Waals surface area contributed by atoms with Crippen LogP contribution in [0.5, 0.6) is 5.75 Å². The first-order valence-electron chi connectivity index (χ1n) is 8.12. The van der Waals surface area contributed by atoms with Crippen LogP contribution < -0.4 is 9.46 Å². The van der Waals surface area contributed by atoms with Gasteiger partial charge in [-0.15, -0.1) is 0 Å². The molecule has 5 nitrogen and oxygen atoms in total. The fourth-order valence-corrected chi connectivity index (χ4v) is 4.29. The lowest BCUT2D eigenvalue weighted by Gasteiger charge is -2.23. The van der Waals surface area contributed by atoms with Crippen LogP contribution in [0.25, 0.3) is 0 Å². The van der Waals surface area contributed by atoms with Crippen LogP contribution in [0.1, 0.15) is 22.7 Å². The van der Waals surface area contributed by atoms with Crippen molar-refractivity contribution < 1.29 is 13.2 Å². The second-order valence-electron chi connectivity index (χ2n) is 6.44. The van der Waals surface area contributed by atoms with Gasteiger partial charge in [-0.25, -0.2) is 13.1 Å². The Bertz CT molecular complexity index is 795. The molecule has 6 heteroatoms. The minimum absolute atomic E-state index is 0.253. The van der Waals surface area contributed by atoms with Crippen LogP contribution in [0.3, 0.4) is 0 Å². The number of aryl methyl sites for hydroxylation is 2. The van der Waals surface area contributed by atoms with E-state index < -0.39 is 10.0 Å². The number of benzene rings is 2. The first-order valence-corrected chi connectivity index (χ1v) is 9.60. The molecule has 1 atom stereocenters. The monoisotopic (exact) mass is 362 g/mol. The third-order valence-electron chi connectivity index (χ3n) is 4.00. The van der Waals surface area contributed by atoms with Crippen molar-refractivity contribution in [2.24, 2.45) is 0 Å². The Morgan fingerprint density at radius 1 is 1.08 bits per heavy atom. The summed E-state index contributed by atoms with van der Waals surface area (Å²) in [6.45, 7) is 4.26. The number of hydrogen-bond donors (Lipinski definition) is 1. The summed E-state index contributed by atoms with van der Waals surface area (Å²) in [5, 5.41) is 0. The van der Waals surface area contributed by atoms with Crippen LogP contribution in [0, 0.1) is 13.8 Å². The van der Waals surface area contributed by atoms with Crippen LogP contribution >= 0.6 is 0 Å². The van der Waals surface area contributed by atoms with Gasteiger partial charge in [0, 0.05) is 6.54 Å². The van der Waals surface area contributed by atoms with Gasteiger partial charge in [0.1, 0.15) is 5.75 Å². The van der Waals surface area contributed by atoms with Crippen molar-refractivity contribution in [2.75, 3.05) is 27.7 Å². The summed E-state index contributed by atoms with van der Waals surface area (Å²) in [6, 6.07) is 12.6. The summed E-state index contributed by atoms with van der Waals surface area (Å²) in [4.78, 5) is 2.22. The molecular weight excluding hydrogens is 336 g/mol. The second kappa shape index (κ2) is 7.99. The van der Waals surface area contributed by atoms with Crippen LogP contribution in [0.4, 0.5) is 0 Å². The number of likely N-dealkylation sites (N-methyl/N-ethyl adjacent to an activating group) is 1. The Morgan fingerprint density at radius 2 is 1.64 bits per heavy atom. The standard InChI is InChI=1S/C19H26N2O3S/c1-14-11-17(12-15(2)19(14)24-5)25(22,23)20-18(13-21(3)4)16-9-7-6-8-10-16/h6-12,18,20H,13H2,1-5H3. The maximum atomic E-state index is 12.9. The first-order chi connectivity index (χ1) is 11.7. The average Bonchev–Trinajstić information content (AvgIpc) is 2.54. The van der Waals surface area contributed by atoms with Crippen molar-refractivity contribution in [3.8, 4) is 5.75 Å². The molecule has 0 aliphatic rings. The normalized spacial score (nSPS) is 13.0. The topological polar surface area (TPSA) is 58.6 Å². The molecule has 2 aromatic carbocycles. The molecule has 2 aromatic rings. The lowest BCUT2D eigenvalue weighted by atomic mass is 10.1. The molecule has 1 unspecified atom stereocenters. The van der Waals surface area contributed by atoms with Crippen molar-refractivity contribution in [3.05, 3.63) is 59.2 Å². The van der Waals surface area contributed by atoms with Crippen molar-refractivity contribution in [1.29, 1.82) is 0 Å². The molecule has 0 fully saturated rings. The van der Waals surface area contributed by atoms with Gasteiger partial charge in [0.05, 0.1) is 18.0 Å². The third kappa shape index (κ3) is 4.81. The SMILES string of the molecule is COc1c(C)cc(S(=O)(=O)NC(CN(C)C)c2ccccc2)cc1C. The van der Waals surface area contributed by atoms with E-state index in [0.29, 0.717) is 12.3 Å². The van der Waals surface area contributed by atoms with Gasteiger partial charge in [-0.3, -0.25) is 0 Å². The number of sulfonamides is 1. The molecule has 0 radical (unpaired) electrons. The molecule has 1 N–H and O–H groups in total. The Labute approximate surface area is 150 Å². The summed E-state index contributed by atoms with van der Waals surface area (Å²) >= 11 is 0. The Balaban J connectivity index is 2.37. The van der Waals surface area contributed by atoms with Gasteiger partial charge in [-0.2, -0.15) is 0 Å². The Kier molecular flexibility index (Phi) is 6.21. The van der Waals surface area contributed by atoms with Crippen LogP contribution in [-0.4, -0.2) is 41.1 Å². The van der Waals surface area contributed by atoms with E-state index in [9.17, 15) is 8.42 Å². The predicted molar refractivity (Wildman–Crippen MR) is 101 cm³/mol. The maximum Gasteiger partial charge on any atom is 0.241 e. The van der Waals surface area contributed by atoms with Crippen molar-refractivity contribution in [2.45, 2.75) is 24.8 Å². The average molecular weight is 362 g/mol. The van der Waals surface area contributed by atoms with Gasteiger partial charge >= 0.3 is 0 Å². The summed E-state index contributed by atoms with van der Waals surface area (Å²) in [5.41, 5.74) is 2.53. The highest BCUT2D eigenvalue weighted by Gasteiger charge is 2.23. The van der Waals surface area contributed by atoms with E-state index in [0.717, 1.165) is 16.7 Å². The third-order valence-corrected chi connectivity index (χ3v) is 5.45. The van der Waals surface area contributed by atoms with E-state index in [1.54, 1.807) is 19.2 Å². The number of hydrogen-bond acceptors (Lipinski definition) is 4. The van der Waals surface area contributed by atoms with Gasteiger partial charge in [0.15, 0.2) is 0 Å². The zero-order valence-corrected chi connectivity index (χ0v) is 16.2. The Morgan fingerprint density at radius 3 is 2.12 bits per heavy atom. The van der Waals surface area contributed by atoms with E-state index in [-0.39, 0.29) is 10.9 Å². The number of rotatable bonds is 7. The molecular formula is C19H26N2O3S. The van der Waals surface area contributed by atoms with Gasteiger partial charge in [-0.1, -0.05) is 30.3 Å². The lowest BCUT2D eigenvalue weighted by molar-refractivity contribution is 0.363. The summed E-state index contributed by atoms with van der Waals surface area (Å²) < 4.78 is 34.0. The fourth-order valence-electron chi connectivity index (χ4n) is 2.90. The summed E-state index contributed by atoms with van der Waals surface area (Å²) in [7, 11) is 1.78. The molecule has 0 aliphatic heterocycles. The molecule has 0 saturated carbocycles. The van der Waals surface area contributed by atoms with Gasteiger partial charge in [-0.05, 0) is 56.8 Å². The number of methoxy groups -OCH3 is 1. The van der Waals surface area contributed by atoms with E-state index in [1.165, 1.54) is 0 Å².